The first-order valence-corrected chi connectivity index (χ1v) is 6.26. The number of aliphatic hydroxyl groups is 2. The maximum atomic E-state index is 12.3. The van der Waals surface area contributed by atoms with Gasteiger partial charge in [0, 0.05) is 6.54 Å². The molecule has 1 fully saturated rings. The van der Waals surface area contributed by atoms with Gasteiger partial charge in [-0.05, 0) is 19.8 Å². The number of aliphatic hydroxyl groups excluding tert-OH is 2. The minimum absolute atomic E-state index is 0.134. The molecule has 1 saturated carbocycles. The van der Waals surface area contributed by atoms with Crippen molar-refractivity contribution >= 4 is 5.91 Å². The average Bonchev–Trinajstić information content (AvgIpc) is 2.39. The largest absolute Gasteiger partial charge is 0.394 e. The van der Waals surface area contributed by atoms with Crippen LogP contribution in [-0.2, 0) is 4.79 Å². The third kappa shape index (κ3) is 3.18. The van der Waals surface area contributed by atoms with Crippen LogP contribution in [0.1, 0.15) is 39.0 Å². The topological polar surface area (TPSA) is 95.6 Å². The Kier molecular flexibility index (Phi) is 4.91. The quantitative estimate of drug-likeness (QED) is 0.536. The molecular formula is C12H24N2O3. The van der Waals surface area contributed by atoms with Gasteiger partial charge in [-0.25, -0.2) is 0 Å². The fourth-order valence-electron chi connectivity index (χ4n) is 2.29. The molecule has 0 saturated heterocycles. The van der Waals surface area contributed by atoms with E-state index in [4.69, 9.17) is 5.73 Å². The number of carbonyl (C=O) groups is 1. The lowest BCUT2D eigenvalue weighted by molar-refractivity contribution is -0.135. The van der Waals surface area contributed by atoms with E-state index in [0.29, 0.717) is 6.54 Å². The summed E-state index contributed by atoms with van der Waals surface area (Å²) in [5.74, 6) is -0.134. The molecule has 0 aromatic heterocycles. The minimum atomic E-state index is -0.962. The highest BCUT2D eigenvalue weighted by atomic mass is 16.3. The fourth-order valence-corrected chi connectivity index (χ4v) is 2.29. The normalized spacial score (nSPS) is 20.0. The molecule has 100 valence electrons. The molecule has 0 aromatic rings. The predicted molar refractivity (Wildman–Crippen MR) is 65.3 cm³/mol. The van der Waals surface area contributed by atoms with Gasteiger partial charge in [-0.15, -0.1) is 0 Å². The van der Waals surface area contributed by atoms with E-state index in [1.165, 1.54) is 0 Å². The van der Waals surface area contributed by atoms with Gasteiger partial charge in [0.05, 0.1) is 24.2 Å². The SMILES string of the molecule is CC(CO)(CO)NC(=O)C1(CN)CCCCC1. The van der Waals surface area contributed by atoms with E-state index in [-0.39, 0.29) is 19.1 Å². The summed E-state index contributed by atoms with van der Waals surface area (Å²) in [6.45, 7) is 1.38. The Bertz CT molecular complexity index is 258. The van der Waals surface area contributed by atoms with Crippen LogP contribution in [-0.4, -0.2) is 41.4 Å². The molecule has 0 aromatic carbocycles. The van der Waals surface area contributed by atoms with Gasteiger partial charge in [0.2, 0.25) is 5.91 Å². The standard InChI is InChI=1S/C12H24N2O3/c1-11(8-15,9-16)14-10(17)12(7-13)5-3-2-4-6-12/h15-16H,2-9,13H2,1H3,(H,14,17). The number of hydrogen-bond acceptors (Lipinski definition) is 4. The van der Waals surface area contributed by atoms with Gasteiger partial charge in [-0.1, -0.05) is 19.3 Å². The second-order valence-corrected chi connectivity index (χ2v) is 5.38. The Morgan fingerprint density at radius 1 is 1.29 bits per heavy atom. The highest BCUT2D eigenvalue weighted by molar-refractivity contribution is 5.83. The van der Waals surface area contributed by atoms with Crippen molar-refractivity contribution in [3.05, 3.63) is 0 Å². The fraction of sp³-hybridized carbons (Fsp3) is 0.917. The van der Waals surface area contributed by atoms with Crippen molar-refractivity contribution < 1.29 is 15.0 Å². The van der Waals surface area contributed by atoms with Gasteiger partial charge in [-0.2, -0.15) is 0 Å². The Morgan fingerprint density at radius 3 is 2.24 bits per heavy atom. The van der Waals surface area contributed by atoms with Crippen LogP contribution in [0.25, 0.3) is 0 Å². The van der Waals surface area contributed by atoms with Crippen molar-refractivity contribution in [2.45, 2.75) is 44.6 Å². The summed E-state index contributed by atoms with van der Waals surface area (Å²) in [5.41, 5.74) is 4.28. The van der Waals surface area contributed by atoms with Crippen LogP contribution in [0.15, 0.2) is 0 Å². The van der Waals surface area contributed by atoms with Crippen molar-refractivity contribution in [1.82, 2.24) is 5.32 Å². The summed E-state index contributed by atoms with van der Waals surface area (Å²) in [5, 5.41) is 21.1. The highest BCUT2D eigenvalue weighted by Crippen LogP contribution is 2.35. The summed E-state index contributed by atoms with van der Waals surface area (Å²) in [7, 11) is 0. The van der Waals surface area contributed by atoms with E-state index < -0.39 is 11.0 Å². The first kappa shape index (κ1) is 14.4. The summed E-state index contributed by atoms with van der Waals surface area (Å²) >= 11 is 0. The number of nitrogens with two attached hydrogens (primary N) is 1. The maximum absolute atomic E-state index is 12.3. The van der Waals surface area contributed by atoms with Crippen LogP contribution in [0.3, 0.4) is 0 Å². The number of nitrogens with one attached hydrogen (secondary N) is 1. The van der Waals surface area contributed by atoms with Gasteiger partial charge in [-0.3, -0.25) is 4.79 Å². The van der Waals surface area contributed by atoms with Gasteiger partial charge < -0.3 is 21.3 Å². The number of rotatable bonds is 5. The molecule has 1 amide bonds. The Hall–Kier alpha value is -0.650. The lowest BCUT2D eigenvalue weighted by Crippen LogP contribution is -2.58. The number of carbonyl (C=O) groups excluding carboxylic acids is 1. The molecule has 0 heterocycles. The molecule has 17 heavy (non-hydrogen) atoms. The first-order chi connectivity index (χ1) is 8.02. The number of hydrogen-bond donors (Lipinski definition) is 4. The molecule has 5 N–H and O–H groups in total. The minimum Gasteiger partial charge on any atom is -0.394 e. The Balaban J connectivity index is 2.72. The van der Waals surface area contributed by atoms with E-state index in [1.807, 2.05) is 0 Å². The van der Waals surface area contributed by atoms with Crippen LogP contribution < -0.4 is 11.1 Å². The molecule has 0 atom stereocenters. The lowest BCUT2D eigenvalue weighted by atomic mass is 9.73. The smallest absolute Gasteiger partial charge is 0.228 e. The average molecular weight is 244 g/mol. The van der Waals surface area contributed by atoms with Crippen LogP contribution in [0.2, 0.25) is 0 Å². The summed E-state index contributed by atoms with van der Waals surface area (Å²) in [6, 6.07) is 0. The third-order valence-corrected chi connectivity index (χ3v) is 3.80. The molecular weight excluding hydrogens is 220 g/mol. The van der Waals surface area contributed by atoms with Crippen molar-refractivity contribution in [1.29, 1.82) is 0 Å². The monoisotopic (exact) mass is 244 g/mol. The van der Waals surface area contributed by atoms with Crippen LogP contribution in [0, 0.1) is 5.41 Å². The van der Waals surface area contributed by atoms with E-state index in [1.54, 1.807) is 6.92 Å². The van der Waals surface area contributed by atoms with Gasteiger partial charge >= 0.3 is 0 Å². The van der Waals surface area contributed by atoms with Crippen molar-refractivity contribution in [3.63, 3.8) is 0 Å². The summed E-state index contributed by atoms with van der Waals surface area (Å²) < 4.78 is 0. The number of amides is 1. The molecule has 0 bridgehead atoms. The molecule has 0 aliphatic heterocycles. The van der Waals surface area contributed by atoms with Crippen LogP contribution in [0.4, 0.5) is 0 Å². The first-order valence-electron chi connectivity index (χ1n) is 6.26. The van der Waals surface area contributed by atoms with Gasteiger partial charge in [0.15, 0.2) is 0 Å². The van der Waals surface area contributed by atoms with Gasteiger partial charge in [0.1, 0.15) is 0 Å². The lowest BCUT2D eigenvalue weighted by Gasteiger charge is -2.38. The van der Waals surface area contributed by atoms with E-state index in [0.717, 1.165) is 32.1 Å². The van der Waals surface area contributed by atoms with Crippen molar-refractivity contribution in [2.24, 2.45) is 11.1 Å². The summed E-state index contributed by atoms with van der Waals surface area (Å²) in [6.07, 6.45) is 4.76. The zero-order chi connectivity index (χ0) is 12.9. The van der Waals surface area contributed by atoms with E-state index in [9.17, 15) is 15.0 Å². The Morgan fingerprint density at radius 2 is 1.82 bits per heavy atom. The second kappa shape index (κ2) is 5.80. The van der Waals surface area contributed by atoms with E-state index >= 15 is 0 Å². The predicted octanol–water partition coefficient (Wildman–Crippen LogP) is -0.245. The maximum Gasteiger partial charge on any atom is 0.228 e. The second-order valence-electron chi connectivity index (χ2n) is 5.38. The van der Waals surface area contributed by atoms with Crippen molar-refractivity contribution in [2.75, 3.05) is 19.8 Å². The molecule has 5 nitrogen and oxygen atoms in total. The molecule has 1 aliphatic carbocycles. The zero-order valence-corrected chi connectivity index (χ0v) is 10.5. The molecule has 0 unspecified atom stereocenters. The van der Waals surface area contributed by atoms with Crippen LogP contribution >= 0.6 is 0 Å². The van der Waals surface area contributed by atoms with Gasteiger partial charge in [0.25, 0.3) is 0 Å². The highest BCUT2D eigenvalue weighted by Gasteiger charge is 2.40. The molecule has 1 rings (SSSR count). The molecule has 0 spiro atoms. The molecule has 1 aliphatic rings. The molecule has 5 heteroatoms. The zero-order valence-electron chi connectivity index (χ0n) is 10.5. The third-order valence-electron chi connectivity index (χ3n) is 3.80. The van der Waals surface area contributed by atoms with Crippen LogP contribution in [0.5, 0.6) is 0 Å². The van der Waals surface area contributed by atoms with Crippen molar-refractivity contribution in [3.8, 4) is 0 Å². The Labute approximate surface area is 102 Å². The summed E-state index contributed by atoms with van der Waals surface area (Å²) in [4.78, 5) is 12.3. The van der Waals surface area contributed by atoms with E-state index in [2.05, 4.69) is 5.32 Å². The molecule has 0 radical (unpaired) electrons.